The van der Waals surface area contributed by atoms with E-state index in [1.54, 1.807) is 17.0 Å². The van der Waals surface area contributed by atoms with E-state index in [9.17, 15) is 9.18 Å². The number of amides is 1. The van der Waals surface area contributed by atoms with Crippen LogP contribution in [0.25, 0.3) is 11.0 Å². The number of halogens is 1. The van der Waals surface area contributed by atoms with Crippen molar-refractivity contribution in [1.82, 2.24) is 19.4 Å². The lowest BCUT2D eigenvalue weighted by Gasteiger charge is -2.22. The molecule has 6 heteroatoms. The fourth-order valence-corrected chi connectivity index (χ4v) is 4.97. The van der Waals surface area contributed by atoms with Gasteiger partial charge < -0.3 is 9.47 Å². The first-order valence-electron chi connectivity index (χ1n) is 12.8. The average Bonchev–Trinajstić information content (AvgIpc) is 2.98. The van der Waals surface area contributed by atoms with Gasteiger partial charge in [0.15, 0.2) is 0 Å². The molecule has 2 heterocycles. The number of aromatic nitrogens is 2. The molecule has 0 unspecified atom stereocenters. The van der Waals surface area contributed by atoms with Crippen molar-refractivity contribution < 1.29 is 9.18 Å². The highest BCUT2D eigenvalue weighted by Gasteiger charge is 2.20. The quantitative estimate of drug-likeness (QED) is 0.389. The first-order chi connectivity index (χ1) is 16.6. The second-order valence-corrected chi connectivity index (χ2v) is 9.43. The monoisotopic (exact) mass is 464 g/mol. The normalized spacial score (nSPS) is 14.9. The largest absolute Gasteiger partial charge is 0.331 e. The highest BCUT2D eigenvalue weighted by atomic mass is 19.1. The predicted molar refractivity (Wildman–Crippen MR) is 135 cm³/mol. The smallest absolute Gasteiger partial charge is 0.254 e. The van der Waals surface area contributed by atoms with Crippen molar-refractivity contribution in [2.24, 2.45) is 0 Å². The zero-order valence-corrected chi connectivity index (χ0v) is 20.6. The Morgan fingerprint density at radius 3 is 2.53 bits per heavy atom. The van der Waals surface area contributed by atoms with Gasteiger partial charge in [0, 0.05) is 25.2 Å². The SMILES string of the molecule is CCCN(Cc1nc2cc(CN3CCCCCC3)ccc2n1CCC)C(=O)c1cccc(F)c1. The minimum atomic E-state index is -0.391. The summed E-state index contributed by atoms with van der Waals surface area (Å²) in [5, 5.41) is 0. The maximum absolute atomic E-state index is 13.7. The van der Waals surface area contributed by atoms with E-state index in [1.165, 1.54) is 56.5 Å². The molecule has 0 N–H and O–H groups in total. The maximum Gasteiger partial charge on any atom is 0.254 e. The van der Waals surface area contributed by atoms with Gasteiger partial charge in [0.05, 0.1) is 17.6 Å². The summed E-state index contributed by atoms with van der Waals surface area (Å²) in [5.41, 5.74) is 3.78. The maximum atomic E-state index is 13.7. The summed E-state index contributed by atoms with van der Waals surface area (Å²) in [7, 11) is 0. The molecule has 0 radical (unpaired) electrons. The molecule has 1 aliphatic rings. The van der Waals surface area contributed by atoms with Crippen molar-refractivity contribution in [2.75, 3.05) is 19.6 Å². The number of rotatable bonds is 9. The Morgan fingerprint density at radius 2 is 1.82 bits per heavy atom. The van der Waals surface area contributed by atoms with Crippen molar-refractivity contribution in [1.29, 1.82) is 0 Å². The number of benzene rings is 2. The van der Waals surface area contributed by atoms with E-state index in [0.29, 0.717) is 18.7 Å². The molecule has 0 bridgehead atoms. The van der Waals surface area contributed by atoms with E-state index in [2.05, 4.69) is 41.5 Å². The van der Waals surface area contributed by atoms with E-state index in [1.807, 2.05) is 0 Å². The van der Waals surface area contributed by atoms with Crippen molar-refractivity contribution in [3.8, 4) is 0 Å². The number of carbonyl (C=O) groups is 1. The summed E-state index contributed by atoms with van der Waals surface area (Å²) in [6.45, 7) is 9.38. The highest BCUT2D eigenvalue weighted by Crippen LogP contribution is 2.22. The van der Waals surface area contributed by atoms with Crippen LogP contribution in [0.4, 0.5) is 4.39 Å². The van der Waals surface area contributed by atoms with Crippen molar-refractivity contribution >= 4 is 16.9 Å². The van der Waals surface area contributed by atoms with Gasteiger partial charge >= 0.3 is 0 Å². The molecular weight excluding hydrogens is 427 g/mol. The third-order valence-corrected chi connectivity index (χ3v) is 6.63. The van der Waals surface area contributed by atoms with E-state index in [4.69, 9.17) is 4.98 Å². The molecule has 1 amide bonds. The number of fused-ring (bicyclic) bond motifs is 1. The first kappa shape index (κ1) is 24.4. The summed E-state index contributed by atoms with van der Waals surface area (Å²) >= 11 is 0. The number of aryl methyl sites for hydroxylation is 1. The lowest BCUT2D eigenvalue weighted by atomic mass is 10.2. The van der Waals surface area contributed by atoms with Crippen LogP contribution in [0.15, 0.2) is 42.5 Å². The molecule has 4 rings (SSSR count). The lowest BCUT2D eigenvalue weighted by molar-refractivity contribution is 0.0736. The lowest BCUT2D eigenvalue weighted by Crippen LogP contribution is -2.32. The molecule has 0 aliphatic carbocycles. The van der Waals surface area contributed by atoms with E-state index in [0.717, 1.165) is 42.8 Å². The first-order valence-corrected chi connectivity index (χ1v) is 12.8. The second-order valence-electron chi connectivity index (χ2n) is 9.43. The Morgan fingerprint density at radius 1 is 1.03 bits per heavy atom. The summed E-state index contributed by atoms with van der Waals surface area (Å²) in [6.07, 6.45) is 7.05. The Kier molecular flexibility index (Phi) is 8.33. The average molecular weight is 465 g/mol. The number of hydrogen-bond donors (Lipinski definition) is 0. The molecule has 1 aromatic heterocycles. The van der Waals surface area contributed by atoms with Gasteiger partial charge in [0.25, 0.3) is 5.91 Å². The van der Waals surface area contributed by atoms with Gasteiger partial charge in [0.1, 0.15) is 11.6 Å². The number of likely N-dealkylation sites (tertiary alicyclic amines) is 1. The standard InChI is InChI=1S/C28H37FN4O/c1-3-14-32(28(34)23-10-9-11-24(29)19-23)21-27-30-25-18-22(12-13-26(25)33(27)15-4-2)20-31-16-7-5-6-8-17-31/h9-13,18-19H,3-8,14-17,20-21H2,1-2H3. The van der Waals surface area contributed by atoms with Gasteiger partial charge in [0.2, 0.25) is 0 Å². The van der Waals surface area contributed by atoms with Crippen LogP contribution in [-0.2, 0) is 19.6 Å². The molecule has 1 saturated heterocycles. The van der Waals surface area contributed by atoms with Crippen LogP contribution >= 0.6 is 0 Å². The fourth-order valence-electron chi connectivity index (χ4n) is 4.97. The Bertz CT molecular complexity index is 1100. The number of carbonyl (C=O) groups excluding carboxylic acids is 1. The minimum absolute atomic E-state index is 0.154. The van der Waals surface area contributed by atoms with Crippen LogP contribution < -0.4 is 0 Å². The molecule has 0 atom stereocenters. The molecular formula is C28H37FN4O. The highest BCUT2D eigenvalue weighted by molar-refractivity contribution is 5.94. The van der Waals surface area contributed by atoms with E-state index < -0.39 is 5.82 Å². The summed E-state index contributed by atoms with van der Waals surface area (Å²) in [6, 6.07) is 12.6. The van der Waals surface area contributed by atoms with Gasteiger partial charge in [-0.25, -0.2) is 9.37 Å². The Hall–Kier alpha value is -2.73. The molecule has 34 heavy (non-hydrogen) atoms. The Balaban J connectivity index is 1.60. The third-order valence-electron chi connectivity index (χ3n) is 6.63. The van der Waals surface area contributed by atoms with Gasteiger partial charge in [-0.15, -0.1) is 0 Å². The van der Waals surface area contributed by atoms with Crippen molar-refractivity contribution in [2.45, 2.75) is 72.0 Å². The molecule has 2 aromatic carbocycles. The van der Waals surface area contributed by atoms with Crippen molar-refractivity contribution in [3.05, 3.63) is 65.2 Å². The number of hydrogen-bond acceptors (Lipinski definition) is 3. The minimum Gasteiger partial charge on any atom is -0.331 e. The number of nitrogens with zero attached hydrogens (tertiary/aromatic N) is 4. The van der Waals surface area contributed by atoms with Crippen LogP contribution in [0.2, 0.25) is 0 Å². The zero-order valence-electron chi connectivity index (χ0n) is 20.6. The van der Waals surface area contributed by atoms with Crippen LogP contribution in [0.5, 0.6) is 0 Å². The Labute approximate surface area is 202 Å². The number of imidazole rings is 1. The van der Waals surface area contributed by atoms with Gasteiger partial charge in [-0.3, -0.25) is 9.69 Å². The third kappa shape index (κ3) is 5.84. The van der Waals surface area contributed by atoms with Crippen LogP contribution in [0.1, 0.15) is 74.1 Å². The summed E-state index contributed by atoms with van der Waals surface area (Å²) < 4.78 is 16.0. The fraction of sp³-hybridized carbons (Fsp3) is 0.500. The topological polar surface area (TPSA) is 41.4 Å². The van der Waals surface area contributed by atoms with Gasteiger partial charge in [-0.05, 0) is 74.7 Å². The zero-order chi connectivity index (χ0) is 23.9. The summed E-state index contributed by atoms with van der Waals surface area (Å²) in [5.74, 6) is 0.345. The molecule has 182 valence electrons. The van der Waals surface area contributed by atoms with Crippen molar-refractivity contribution in [3.63, 3.8) is 0 Å². The van der Waals surface area contributed by atoms with Crippen LogP contribution in [0.3, 0.4) is 0 Å². The van der Waals surface area contributed by atoms with E-state index in [-0.39, 0.29) is 5.91 Å². The molecule has 0 saturated carbocycles. The second kappa shape index (κ2) is 11.6. The summed E-state index contributed by atoms with van der Waals surface area (Å²) in [4.78, 5) is 22.5. The van der Waals surface area contributed by atoms with Gasteiger partial charge in [-0.2, -0.15) is 0 Å². The molecule has 5 nitrogen and oxygen atoms in total. The molecule has 0 spiro atoms. The van der Waals surface area contributed by atoms with E-state index >= 15 is 0 Å². The molecule has 3 aromatic rings. The molecule has 1 aliphatic heterocycles. The van der Waals surface area contributed by atoms with Crippen LogP contribution in [0, 0.1) is 5.82 Å². The van der Waals surface area contributed by atoms with Crippen LogP contribution in [-0.4, -0.2) is 44.9 Å². The predicted octanol–water partition coefficient (Wildman–Crippen LogP) is 6.01. The molecule has 1 fully saturated rings. The van der Waals surface area contributed by atoms with Gasteiger partial charge in [-0.1, -0.05) is 38.8 Å².